The van der Waals surface area contributed by atoms with Crippen LogP contribution in [0.15, 0.2) is 0 Å². The van der Waals surface area contributed by atoms with Crippen LogP contribution in [-0.4, -0.2) is 41.4 Å². The minimum atomic E-state index is -0.738. The van der Waals surface area contributed by atoms with Crippen LogP contribution in [0.1, 0.15) is 40.0 Å². The predicted octanol–water partition coefficient (Wildman–Crippen LogP) is 0.487. The molecule has 1 saturated carbocycles. The molecule has 0 spiro atoms. The monoisotopic (exact) mass is 267 g/mol. The van der Waals surface area contributed by atoms with E-state index in [2.05, 4.69) is 12.2 Å². The fraction of sp³-hybridized carbons (Fsp3) is 0.857. The molecule has 2 rings (SSSR count). The Kier molecular flexibility index (Phi) is 3.85. The molecule has 3 unspecified atom stereocenters. The van der Waals surface area contributed by atoms with Gasteiger partial charge >= 0.3 is 0 Å². The number of nitrogens with one attached hydrogen (secondary N) is 1. The van der Waals surface area contributed by atoms with Gasteiger partial charge in [0.2, 0.25) is 11.8 Å². The SMILES string of the molecule is CC1CC(C(=O)N2CCNC(=O)C2(C)C)CCC1N. The van der Waals surface area contributed by atoms with Gasteiger partial charge in [-0.25, -0.2) is 0 Å². The fourth-order valence-corrected chi connectivity index (χ4v) is 3.15. The molecule has 3 N–H and O–H groups in total. The number of piperazine rings is 1. The van der Waals surface area contributed by atoms with Crippen molar-refractivity contribution in [1.29, 1.82) is 0 Å². The van der Waals surface area contributed by atoms with Gasteiger partial charge in [-0.2, -0.15) is 0 Å². The maximum atomic E-state index is 12.7. The lowest BCUT2D eigenvalue weighted by Crippen LogP contribution is -2.64. The van der Waals surface area contributed by atoms with Gasteiger partial charge in [-0.15, -0.1) is 0 Å². The van der Waals surface area contributed by atoms with Gasteiger partial charge < -0.3 is 16.0 Å². The third-order valence-corrected chi connectivity index (χ3v) is 4.70. The Balaban J connectivity index is 2.09. The van der Waals surface area contributed by atoms with Crippen LogP contribution < -0.4 is 11.1 Å². The molecule has 0 aromatic rings. The second-order valence-corrected chi connectivity index (χ2v) is 6.46. The van der Waals surface area contributed by atoms with Gasteiger partial charge in [0, 0.05) is 25.0 Å². The van der Waals surface area contributed by atoms with Crippen LogP contribution in [0.3, 0.4) is 0 Å². The first-order chi connectivity index (χ1) is 8.84. The van der Waals surface area contributed by atoms with Crippen molar-refractivity contribution in [2.24, 2.45) is 17.6 Å². The largest absolute Gasteiger partial charge is 0.352 e. The average molecular weight is 267 g/mol. The first-order valence-corrected chi connectivity index (χ1v) is 7.19. The lowest BCUT2D eigenvalue weighted by molar-refractivity contribution is -0.153. The van der Waals surface area contributed by atoms with Crippen molar-refractivity contribution in [2.75, 3.05) is 13.1 Å². The van der Waals surface area contributed by atoms with Crippen LogP contribution in [0.2, 0.25) is 0 Å². The highest BCUT2D eigenvalue weighted by Crippen LogP contribution is 2.31. The van der Waals surface area contributed by atoms with Crippen LogP contribution in [0, 0.1) is 11.8 Å². The highest BCUT2D eigenvalue weighted by atomic mass is 16.2. The summed E-state index contributed by atoms with van der Waals surface area (Å²) < 4.78 is 0. The highest BCUT2D eigenvalue weighted by Gasteiger charge is 2.43. The van der Waals surface area contributed by atoms with E-state index < -0.39 is 5.54 Å². The molecule has 3 atom stereocenters. The molecule has 0 aromatic heterocycles. The van der Waals surface area contributed by atoms with Crippen molar-refractivity contribution in [3.8, 4) is 0 Å². The molecule has 1 aliphatic heterocycles. The number of nitrogens with two attached hydrogens (primary N) is 1. The van der Waals surface area contributed by atoms with Gasteiger partial charge in [0.1, 0.15) is 5.54 Å². The maximum absolute atomic E-state index is 12.7. The Morgan fingerprint density at radius 1 is 1.42 bits per heavy atom. The molecule has 1 aliphatic carbocycles. The molecule has 2 fully saturated rings. The molecule has 5 nitrogen and oxygen atoms in total. The molecule has 0 bridgehead atoms. The van der Waals surface area contributed by atoms with Gasteiger partial charge in [0.05, 0.1) is 0 Å². The van der Waals surface area contributed by atoms with Crippen LogP contribution in [0.4, 0.5) is 0 Å². The summed E-state index contributed by atoms with van der Waals surface area (Å²) >= 11 is 0. The normalized spacial score (nSPS) is 34.8. The number of rotatable bonds is 1. The summed E-state index contributed by atoms with van der Waals surface area (Å²) in [4.78, 5) is 26.3. The summed E-state index contributed by atoms with van der Waals surface area (Å²) in [5.74, 6) is 0.468. The zero-order valence-corrected chi connectivity index (χ0v) is 12.1. The molecule has 1 heterocycles. The van der Waals surface area contributed by atoms with Gasteiger partial charge in [-0.05, 0) is 39.0 Å². The van der Waals surface area contributed by atoms with E-state index in [4.69, 9.17) is 5.73 Å². The smallest absolute Gasteiger partial charge is 0.245 e. The van der Waals surface area contributed by atoms with Crippen LogP contribution in [0.25, 0.3) is 0 Å². The molecule has 2 aliphatic rings. The Morgan fingerprint density at radius 2 is 2.11 bits per heavy atom. The molecule has 19 heavy (non-hydrogen) atoms. The highest BCUT2D eigenvalue weighted by molar-refractivity contribution is 5.92. The Bertz CT molecular complexity index is 381. The summed E-state index contributed by atoms with van der Waals surface area (Å²) in [7, 11) is 0. The molecular weight excluding hydrogens is 242 g/mol. The van der Waals surface area contributed by atoms with E-state index >= 15 is 0 Å². The van der Waals surface area contributed by atoms with E-state index in [1.165, 1.54) is 0 Å². The van der Waals surface area contributed by atoms with E-state index in [0.717, 1.165) is 19.3 Å². The number of amides is 2. The van der Waals surface area contributed by atoms with Crippen molar-refractivity contribution in [1.82, 2.24) is 10.2 Å². The van der Waals surface area contributed by atoms with Crippen LogP contribution in [0.5, 0.6) is 0 Å². The number of carbonyl (C=O) groups excluding carboxylic acids is 2. The number of carbonyl (C=O) groups is 2. The second-order valence-electron chi connectivity index (χ2n) is 6.46. The lowest BCUT2D eigenvalue weighted by atomic mass is 9.78. The fourth-order valence-electron chi connectivity index (χ4n) is 3.15. The number of hydrogen-bond donors (Lipinski definition) is 2. The van der Waals surface area contributed by atoms with Crippen molar-refractivity contribution in [3.05, 3.63) is 0 Å². The summed E-state index contributed by atoms with van der Waals surface area (Å²) in [6.07, 6.45) is 2.59. The summed E-state index contributed by atoms with van der Waals surface area (Å²) in [6, 6.07) is 0.210. The number of hydrogen-bond acceptors (Lipinski definition) is 3. The zero-order chi connectivity index (χ0) is 14.2. The molecule has 108 valence electrons. The topological polar surface area (TPSA) is 75.4 Å². The van der Waals surface area contributed by atoms with E-state index in [1.54, 1.807) is 4.90 Å². The Labute approximate surface area is 114 Å². The van der Waals surface area contributed by atoms with Crippen molar-refractivity contribution >= 4 is 11.8 Å². The number of nitrogens with zero attached hydrogens (tertiary/aromatic N) is 1. The summed E-state index contributed by atoms with van der Waals surface area (Å²) in [5.41, 5.74) is 5.27. The van der Waals surface area contributed by atoms with Crippen molar-refractivity contribution in [2.45, 2.75) is 51.6 Å². The van der Waals surface area contributed by atoms with Gasteiger partial charge in [0.15, 0.2) is 0 Å². The summed E-state index contributed by atoms with van der Waals surface area (Å²) in [5, 5.41) is 2.82. The minimum absolute atomic E-state index is 0.0278. The summed E-state index contributed by atoms with van der Waals surface area (Å²) in [6.45, 7) is 6.90. The third kappa shape index (κ3) is 2.61. The lowest BCUT2D eigenvalue weighted by Gasteiger charge is -2.44. The zero-order valence-electron chi connectivity index (χ0n) is 12.1. The Hall–Kier alpha value is -1.10. The molecular formula is C14H25N3O2. The molecule has 5 heteroatoms. The third-order valence-electron chi connectivity index (χ3n) is 4.70. The first-order valence-electron chi connectivity index (χ1n) is 7.19. The van der Waals surface area contributed by atoms with Crippen LogP contribution >= 0.6 is 0 Å². The van der Waals surface area contributed by atoms with Gasteiger partial charge in [-0.1, -0.05) is 6.92 Å². The van der Waals surface area contributed by atoms with E-state index in [9.17, 15) is 9.59 Å². The molecule has 0 aromatic carbocycles. The van der Waals surface area contributed by atoms with E-state index in [0.29, 0.717) is 19.0 Å². The van der Waals surface area contributed by atoms with E-state index in [1.807, 2.05) is 13.8 Å². The average Bonchev–Trinajstić information content (AvgIpc) is 2.35. The molecule has 1 saturated heterocycles. The minimum Gasteiger partial charge on any atom is -0.352 e. The standard InChI is InChI=1S/C14H25N3O2/c1-9-8-10(4-5-11(9)15)12(18)17-7-6-16-13(19)14(17,2)3/h9-11H,4-8,15H2,1-3H3,(H,16,19). The van der Waals surface area contributed by atoms with Gasteiger partial charge in [0.25, 0.3) is 0 Å². The van der Waals surface area contributed by atoms with Crippen molar-refractivity contribution in [3.63, 3.8) is 0 Å². The quantitative estimate of drug-likeness (QED) is 0.726. The van der Waals surface area contributed by atoms with E-state index in [-0.39, 0.29) is 23.8 Å². The van der Waals surface area contributed by atoms with Crippen molar-refractivity contribution < 1.29 is 9.59 Å². The van der Waals surface area contributed by atoms with Crippen LogP contribution in [-0.2, 0) is 9.59 Å². The maximum Gasteiger partial charge on any atom is 0.245 e. The first kappa shape index (κ1) is 14.3. The predicted molar refractivity (Wildman–Crippen MR) is 73.3 cm³/mol. The second kappa shape index (κ2) is 5.12. The molecule has 2 amide bonds. The van der Waals surface area contributed by atoms with Gasteiger partial charge in [-0.3, -0.25) is 9.59 Å². The molecule has 0 radical (unpaired) electrons. The Morgan fingerprint density at radius 3 is 2.74 bits per heavy atom.